The number of aliphatic hydroxyl groups is 1. The fourth-order valence-corrected chi connectivity index (χ4v) is 2.02. The highest BCUT2D eigenvalue weighted by atomic mass is 16.3. The minimum atomic E-state index is 0.0378. The summed E-state index contributed by atoms with van der Waals surface area (Å²) >= 11 is 0. The molecule has 0 aliphatic carbocycles. The lowest BCUT2D eigenvalue weighted by Crippen LogP contribution is -2.24. The Morgan fingerprint density at radius 1 is 1.06 bits per heavy atom. The first-order valence-electron chi connectivity index (χ1n) is 5.64. The molecule has 16 heavy (non-hydrogen) atoms. The summed E-state index contributed by atoms with van der Waals surface area (Å²) in [6.45, 7) is 0.159. The Kier molecular flexibility index (Phi) is 3.54. The highest BCUT2D eigenvalue weighted by molar-refractivity contribution is 5.85. The van der Waals surface area contributed by atoms with Crippen LogP contribution in [0.25, 0.3) is 10.8 Å². The molecule has 0 spiro atoms. The molecule has 2 rings (SSSR count). The molecular formula is C14H17NO. The molecule has 2 aromatic rings. The van der Waals surface area contributed by atoms with Gasteiger partial charge in [-0.05, 0) is 29.2 Å². The Balaban J connectivity index is 2.30. The first-order valence-corrected chi connectivity index (χ1v) is 5.64. The Labute approximate surface area is 95.7 Å². The summed E-state index contributed by atoms with van der Waals surface area (Å²) in [6, 6.07) is 14.6. The third kappa shape index (κ3) is 2.40. The average molecular weight is 215 g/mol. The predicted molar refractivity (Wildman–Crippen MR) is 67.3 cm³/mol. The van der Waals surface area contributed by atoms with E-state index in [4.69, 9.17) is 10.8 Å². The molecule has 2 heteroatoms. The Morgan fingerprint density at radius 3 is 2.62 bits per heavy atom. The fourth-order valence-electron chi connectivity index (χ4n) is 2.02. The van der Waals surface area contributed by atoms with E-state index >= 15 is 0 Å². The third-order valence-electron chi connectivity index (χ3n) is 2.86. The standard InChI is InChI=1S/C14H17NO/c15-13(8-9-16)10-12-6-3-5-11-4-1-2-7-14(11)12/h1-7,13,16H,8-10,15H2. The first-order chi connectivity index (χ1) is 7.81. The molecule has 2 nitrogen and oxygen atoms in total. The van der Waals surface area contributed by atoms with Crippen LogP contribution in [0.1, 0.15) is 12.0 Å². The van der Waals surface area contributed by atoms with Crippen LogP contribution in [0.5, 0.6) is 0 Å². The van der Waals surface area contributed by atoms with Crippen LogP contribution in [0, 0.1) is 0 Å². The molecule has 0 aromatic heterocycles. The monoisotopic (exact) mass is 215 g/mol. The SMILES string of the molecule is NC(CCO)Cc1cccc2ccccc12. The zero-order chi connectivity index (χ0) is 11.4. The van der Waals surface area contributed by atoms with E-state index in [1.54, 1.807) is 0 Å². The maximum absolute atomic E-state index is 8.85. The smallest absolute Gasteiger partial charge is 0.0445 e. The van der Waals surface area contributed by atoms with E-state index in [1.807, 2.05) is 12.1 Å². The molecule has 2 aromatic carbocycles. The van der Waals surface area contributed by atoms with Gasteiger partial charge in [0, 0.05) is 12.6 Å². The Hall–Kier alpha value is -1.38. The van der Waals surface area contributed by atoms with E-state index in [-0.39, 0.29) is 12.6 Å². The number of hydrogen-bond donors (Lipinski definition) is 2. The van der Waals surface area contributed by atoms with Crippen molar-refractivity contribution in [1.29, 1.82) is 0 Å². The predicted octanol–water partition coefficient (Wildman–Crippen LogP) is 2.09. The summed E-state index contributed by atoms with van der Waals surface area (Å²) < 4.78 is 0. The molecule has 0 radical (unpaired) electrons. The molecule has 3 N–H and O–H groups in total. The lowest BCUT2D eigenvalue weighted by Gasteiger charge is -2.12. The van der Waals surface area contributed by atoms with Crippen molar-refractivity contribution in [2.75, 3.05) is 6.61 Å². The van der Waals surface area contributed by atoms with Gasteiger partial charge in [0.05, 0.1) is 0 Å². The van der Waals surface area contributed by atoms with Crippen molar-refractivity contribution >= 4 is 10.8 Å². The van der Waals surface area contributed by atoms with Crippen molar-refractivity contribution in [3.63, 3.8) is 0 Å². The van der Waals surface area contributed by atoms with Crippen molar-refractivity contribution in [3.8, 4) is 0 Å². The maximum Gasteiger partial charge on any atom is 0.0445 e. The van der Waals surface area contributed by atoms with E-state index in [9.17, 15) is 0 Å². The second kappa shape index (κ2) is 5.10. The second-order valence-electron chi connectivity index (χ2n) is 4.11. The summed E-state index contributed by atoms with van der Waals surface area (Å²) in [7, 11) is 0. The van der Waals surface area contributed by atoms with Crippen molar-refractivity contribution in [2.24, 2.45) is 5.73 Å². The van der Waals surface area contributed by atoms with E-state index in [2.05, 4.69) is 30.3 Å². The molecule has 1 atom stereocenters. The zero-order valence-corrected chi connectivity index (χ0v) is 9.26. The van der Waals surface area contributed by atoms with Crippen LogP contribution in [-0.4, -0.2) is 17.8 Å². The van der Waals surface area contributed by atoms with Gasteiger partial charge in [-0.1, -0.05) is 42.5 Å². The van der Waals surface area contributed by atoms with Gasteiger partial charge in [0.1, 0.15) is 0 Å². The normalized spacial score (nSPS) is 12.9. The van der Waals surface area contributed by atoms with Crippen LogP contribution in [0.2, 0.25) is 0 Å². The van der Waals surface area contributed by atoms with Crippen LogP contribution in [0.4, 0.5) is 0 Å². The van der Waals surface area contributed by atoms with Crippen molar-refractivity contribution in [3.05, 3.63) is 48.0 Å². The van der Waals surface area contributed by atoms with E-state index in [0.29, 0.717) is 6.42 Å². The Bertz CT molecular complexity index is 462. The second-order valence-corrected chi connectivity index (χ2v) is 4.11. The van der Waals surface area contributed by atoms with E-state index in [0.717, 1.165) is 6.42 Å². The number of nitrogens with two attached hydrogens (primary N) is 1. The molecule has 0 fully saturated rings. The molecule has 0 bridgehead atoms. The molecule has 0 aliphatic rings. The molecule has 0 amide bonds. The zero-order valence-electron chi connectivity index (χ0n) is 9.26. The van der Waals surface area contributed by atoms with Crippen molar-refractivity contribution < 1.29 is 5.11 Å². The van der Waals surface area contributed by atoms with Gasteiger partial charge in [0.25, 0.3) is 0 Å². The van der Waals surface area contributed by atoms with Crippen molar-refractivity contribution in [2.45, 2.75) is 18.9 Å². The van der Waals surface area contributed by atoms with Crippen molar-refractivity contribution in [1.82, 2.24) is 0 Å². The average Bonchev–Trinajstić information content (AvgIpc) is 2.30. The van der Waals surface area contributed by atoms with Gasteiger partial charge in [-0.25, -0.2) is 0 Å². The number of benzene rings is 2. The number of rotatable bonds is 4. The first kappa shape index (κ1) is 11.1. The van der Waals surface area contributed by atoms with Crippen LogP contribution in [-0.2, 0) is 6.42 Å². The highest BCUT2D eigenvalue weighted by Gasteiger charge is 2.06. The minimum absolute atomic E-state index is 0.0378. The van der Waals surface area contributed by atoms with Gasteiger partial charge in [0.2, 0.25) is 0 Å². The van der Waals surface area contributed by atoms with Gasteiger partial charge in [0.15, 0.2) is 0 Å². The van der Waals surface area contributed by atoms with Crippen LogP contribution >= 0.6 is 0 Å². The Morgan fingerprint density at radius 2 is 1.81 bits per heavy atom. The molecular weight excluding hydrogens is 198 g/mol. The summed E-state index contributed by atoms with van der Waals surface area (Å²) in [6.07, 6.45) is 1.48. The number of fused-ring (bicyclic) bond motifs is 1. The van der Waals surface area contributed by atoms with Gasteiger partial charge < -0.3 is 10.8 Å². The summed E-state index contributed by atoms with van der Waals surface area (Å²) in [5.41, 5.74) is 7.21. The highest BCUT2D eigenvalue weighted by Crippen LogP contribution is 2.19. The van der Waals surface area contributed by atoms with Gasteiger partial charge in [-0.3, -0.25) is 0 Å². The lowest BCUT2D eigenvalue weighted by atomic mass is 9.98. The molecule has 84 valence electrons. The topological polar surface area (TPSA) is 46.2 Å². The molecule has 1 unspecified atom stereocenters. The number of hydrogen-bond acceptors (Lipinski definition) is 2. The van der Waals surface area contributed by atoms with Crippen LogP contribution in [0.15, 0.2) is 42.5 Å². The van der Waals surface area contributed by atoms with E-state index < -0.39 is 0 Å². The minimum Gasteiger partial charge on any atom is -0.396 e. The van der Waals surface area contributed by atoms with Crippen LogP contribution in [0.3, 0.4) is 0 Å². The molecule has 0 saturated heterocycles. The van der Waals surface area contributed by atoms with Gasteiger partial charge in [-0.2, -0.15) is 0 Å². The lowest BCUT2D eigenvalue weighted by molar-refractivity contribution is 0.275. The maximum atomic E-state index is 8.85. The van der Waals surface area contributed by atoms with Gasteiger partial charge >= 0.3 is 0 Å². The summed E-state index contributed by atoms with van der Waals surface area (Å²) in [4.78, 5) is 0. The molecule has 0 heterocycles. The van der Waals surface area contributed by atoms with Gasteiger partial charge in [-0.15, -0.1) is 0 Å². The summed E-state index contributed by atoms with van der Waals surface area (Å²) in [5, 5.41) is 11.4. The molecule has 0 aliphatic heterocycles. The fraction of sp³-hybridized carbons (Fsp3) is 0.286. The molecule has 0 saturated carbocycles. The quantitative estimate of drug-likeness (QED) is 0.820. The largest absolute Gasteiger partial charge is 0.396 e. The van der Waals surface area contributed by atoms with E-state index in [1.165, 1.54) is 16.3 Å². The van der Waals surface area contributed by atoms with Crippen LogP contribution < -0.4 is 5.73 Å². The number of aliphatic hydroxyl groups excluding tert-OH is 1. The third-order valence-corrected chi connectivity index (χ3v) is 2.86. The summed E-state index contributed by atoms with van der Waals surface area (Å²) in [5.74, 6) is 0.